The maximum atomic E-state index is 13.0. The number of allylic oxidation sites excluding steroid dienone is 2. The summed E-state index contributed by atoms with van der Waals surface area (Å²) in [4.78, 5) is 13.0. The Morgan fingerprint density at radius 2 is 1.83 bits per heavy atom. The molecule has 1 heterocycles. The molecule has 0 radical (unpaired) electrons. The van der Waals surface area contributed by atoms with Crippen LogP contribution in [0.25, 0.3) is 0 Å². The molecule has 0 fully saturated rings. The minimum absolute atomic E-state index is 0.0469. The van der Waals surface area contributed by atoms with Crippen LogP contribution in [0.2, 0.25) is 0 Å². The van der Waals surface area contributed by atoms with Crippen LogP contribution in [0.1, 0.15) is 24.0 Å². The highest BCUT2D eigenvalue weighted by atomic mass is 16.5. The van der Waals surface area contributed by atoms with Crippen molar-refractivity contribution >= 4 is 5.97 Å². The van der Waals surface area contributed by atoms with Gasteiger partial charge in [0.25, 0.3) is 0 Å². The number of nitrogens with zero attached hydrogens (tertiary/aromatic N) is 1. The Labute approximate surface area is 174 Å². The number of rotatable bonds is 6. The summed E-state index contributed by atoms with van der Waals surface area (Å²) < 4.78 is 21.7. The molecule has 0 unspecified atom stereocenters. The standard InChI is InChI=1S/C23H22N2O5/c1-14-20(23(26)29-13-15-7-5-4-6-8-15)21(17(12-24)22(25)30-14)16-9-10-18(27-2)19(11-16)28-3/h4-11,21H,13,25H2,1-3H3/t21-/m1/s1. The number of hydrogen-bond acceptors (Lipinski definition) is 7. The van der Waals surface area contributed by atoms with Gasteiger partial charge in [0.2, 0.25) is 5.88 Å². The van der Waals surface area contributed by atoms with Crippen LogP contribution in [-0.4, -0.2) is 20.2 Å². The Hall–Kier alpha value is -3.92. The largest absolute Gasteiger partial charge is 0.493 e. The molecule has 1 aliphatic heterocycles. The van der Waals surface area contributed by atoms with E-state index >= 15 is 0 Å². The molecule has 2 aromatic carbocycles. The van der Waals surface area contributed by atoms with Crippen LogP contribution in [0.4, 0.5) is 0 Å². The van der Waals surface area contributed by atoms with Gasteiger partial charge in [0.15, 0.2) is 11.5 Å². The lowest BCUT2D eigenvalue weighted by Crippen LogP contribution is -2.25. The van der Waals surface area contributed by atoms with Crippen molar-refractivity contribution in [3.8, 4) is 17.6 Å². The predicted molar refractivity (Wildman–Crippen MR) is 109 cm³/mol. The number of nitriles is 1. The Morgan fingerprint density at radius 3 is 2.47 bits per heavy atom. The van der Waals surface area contributed by atoms with E-state index in [0.717, 1.165) is 5.56 Å². The third-order valence-corrected chi connectivity index (χ3v) is 4.78. The molecule has 0 aliphatic carbocycles. The Kier molecular flexibility index (Phi) is 6.28. The average Bonchev–Trinajstić information content (AvgIpc) is 2.77. The van der Waals surface area contributed by atoms with Gasteiger partial charge in [0.05, 0.1) is 25.7 Å². The fraction of sp³-hybridized carbons (Fsp3) is 0.217. The number of hydrogen-bond donors (Lipinski definition) is 1. The van der Waals surface area contributed by atoms with E-state index in [2.05, 4.69) is 6.07 Å². The van der Waals surface area contributed by atoms with Crippen molar-refractivity contribution in [3.05, 3.63) is 82.4 Å². The summed E-state index contributed by atoms with van der Waals surface area (Å²) in [5.41, 5.74) is 7.76. The number of ether oxygens (including phenoxy) is 4. The molecule has 30 heavy (non-hydrogen) atoms. The molecule has 0 bridgehead atoms. The molecule has 2 aromatic rings. The van der Waals surface area contributed by atoms with Gasteiger partial charge in [-0.05, 0) is 30.2 Å². The minimum Gasteiger partial charge on any atom is -0.493 e. The van der Waals surface area contributed by atoms with Crippen LogP contribution in [0.5, 0.6) is 11.5 Å². The average molecular weight is 406 g/mol. The van der Waals surface area contributed by atoms with Gasteiger partial charge in [0, 0.05) is 0 Å². The first-order valence-electron chi connectivity index (χ1n) is 9.21. The van der Waals surface area contributed by atoms with Crippen LogP contribution in [-0.2, 0) is 20.9 Å². The molecule has 2 N–H and O–H groups in total. The normalized spacial score (nSPS) is 15.9. The molecule has 3 rings (SSSR count). The summed E-state index contributed by atoms with van der Waals surface area (Å²) in [7, 11) is 3.04. The van der Waals surface area contributed by atoms with E-state index < -0.39 is 11.9 Å². The maximum Gasteiger partial charge on any atom is 0.338 e. The molecule has 1 aliphatic rings. The molecule has 154 valence electrons. The minimum atomic E-state index is -0.758. The van der Waals surface area contributed by atoms with E-state index in [1.807, 2.05) is 30.3 Å². The second-order valence-corrected chi connectivity index (χ2v) is 6.57. The lowest BCUT2D eigenvalue weighted by Gasteiger charge is -2.27. The zero-order valence-corrected chi connectivity index (χ0v) is 17.0. The monoisotopic (exact) mass is 406 g/mol. The Balaban J connectivity index is 2.00. The molecule has 0 saturated heterocycles. The quantitative estimate of drug-likeness (QED) is 0.732. The van der Waals surface area contributed by atoms with Gasteiger partial charge in [-0.3, -0.25) is 0 Å². The first kappa shape index (κ1) is 20.8. The third kappa shape index (κ3) is 4.08. The molecule has 0 aromatic heterocycles. The van der Waals surface area contributed by atoms with E-state index in [1.54, 1.807) is 25.1 Å². The summed E-state index contributed by atoms with van der Waals surface area (Å²) in [6, 6.07) is 16.5. The molecular formula is C23H22N2O5. The highest BCUT2D eigenvalue weighted by molar-refractivity contribution is 5.92. The fourth-order valence-electron chi connectivity index (χ4n) is 3.31. The molecule has 0 spiro atoms. The van der Waals surface area contributed by atoms with Gasteiger partial charge >= 0.3 is 5.97 Å². The molecule has 7 heteroatoms. The second kappa shape index (κ2) is 9.05. The van der Waals surface area contributed by atoms with Crippen molar-refractivity contribution in [2.24, 2.45) is 5.73 Å². The maximum absolute atomic E-state index is 13.0. The van der Waals surface area contributed by atoms with E-state index in [1.165, 1.54) is 14.2 Å². The fourth-order valence-corrected chi connectivity index (χ4v) is 3.31. The molecule has 0 saturated carbocycles. The van der Waals surface area contributed by atoms with Gasteiger partial charge < -0.3 is 24.7 Å². The first-order valence-corrected chi connectivity index (χ1v) is 9.21. The van der Waals surface area contributed by atoms with E-state index in [-0.39, 0.29) is 29.4 Å². The van der Waals surface area contributed by atoms with Crippen molar-refractivity contribution in [2.45, 2.75) is 19.4 Å². The van der Waals surface area contributed by atoms with Gasteiger partial charge in [-0.2, -0.15) is 5.26 Å². The van der Waals surface area contributed by atoms with Gasteiger partial charge in [-0.15, -0.1) is 0 Å². The lowest BCUT2D eigenvalue weighted by molar-refractivity contribution is -0.140. The highest BCUT2D eigenvalue weighted by Crippen LogP contribution is 2.42. The van der Waals surface area contributed by atoms with Crippen molar-refractivity contribution in [1.82, 2.24) is 0 Å². The van der Waals surface area contributed by atoms with Gasteiger partial charge in [-0.1, -0.05) is 36.4 Å². The van der Waals surface area contributed by atoms with E-state index in [9.17, 15) is 10.1 Å². The van der Waals surface area contributed by atoms with Crippen molar-refractivity contribution < 1.29 is 23.7 Å². The van der Waals surface area contributed by atoms with Crippen LogP contribution in [0.15, 0.2) is 71.3 Å². The van der Waals surface area contributed by atoms with Crippen LogP contribution in [0, 0.1) is 11.3 Å². The predicted octanol–water partition coefficient (Wildman–Crippen LogP) is 3.53. The van der Waals surface area contributed by atoms with Crippen LogP contribution in [0.3, 0.4) is 0 Å². The number of carbonyl (C=O) groups is 1. The topological polar surface area (TPSA) is 104 Å². The third-order valence-electron chi connectivity index (χ3n) is 4.78. The van der Waals surface area contributed by atoms with Crippen molar-refractivity contribution in [2.75, 3.05) is 14.2 Å². The molecule has 7 nitrogen and oxygen atoms in total. The molecule has 0 amide bonds. The van der Waals surface area contributed by atoms with Crippen LogP contribution >= 0.6 is 0 Å². The summed E-state index contributed by atoms with van der Waals surface area (Å²) >= 11 is 0. The number of methoxy groups -OCH3 is 2. The van der Waals surface area contributed by atoms with E-state index in [4.69, 9.17) is 24.7 Å². The highest BCUT2D eigenvalue weighted by Gasteiger charge is 2.36. The summed E-state index contributed by atoms with van der Waals surface area (Å²) in [5, 5.41) is 9.72. The lowest BCUT2D eigenvalue weighted by atomic mass is 9.83. The van der Waals surface area contributed by atoms with E-state index in [0.29, 0.717) is 17.1 Å². The summed E-state index contributed by atoms with van der Waals surface area (Å²) in [5.74, 6) is -0.119. The molecular weight excluding hydrogens is 384 g/mol. The van der Waals surface area contributed by atoms with Crippen molar-refractivity contribution in [1.29, 1.82) is 5.26 Å². The molecule has 1 atom stereocenters. The van der Waals surface area contributed by atoms with Gasteiger partial charge in [0.1, 0.15) is 24.0 Å². The first-order chi connectivity index (χ1) is 14.5. The van der Waals surface area contributed by atoms with Crippen molar-refractivity contribution in [3.63, 3.8) is 0 Å². The Bertz CT molecular complexity index is 1050. The van der Waals surface area contributed by atoms with Crippen LogP contribution < -0.4 is 15.2 Å². The SMILES string of the molecule is COc1ccc([C@@H]2C(C#N)=C(N)OC(C)=C2C(=O)OCc2ccccc2)cc1OC. The zero-order valence-electron chi connectivity index (χ0n) is 17.0. The van der Waals surface area contributed by atoms with Gasteiger partial charge in [-0.25, -0.2) is 4.79 Å². The number of carbonyl (C=O) groups excluding carboxylic acids is 1. The second-order valence-electron chi connectivity index (χ2n) is 6.57. The Morgan fingerprint density at radius 1 is 1.13 bits per heavy atom. The summed E-state index contributed by atoms with van der Waals surface area (Å²) in [6.45, 7) is 1.71. The number of esters is 1. The number of benzene rings is 2. The number of nitrogens with two attached hydrogens (primary N) is 1. The zero-order chi connectivity index (χ0) is 21.7. The smallest absolute Gasteiger partial charge is 0.338 e. The summed E-state index contributed by atoms with van der Waals surface area (Å²) in [6.07, 6.45) is 0.